The van der Waals surface area contributed by atoms with E-state index in [-0.39, 0.29) is 35.1 Å². The van der Waals surface area contributed by atoms with E-state index < -0.39 is 5.97 Å². The van der Waals surface area contributed by atoms with Crippen LogP contribution in [0.3, 0.4) is 0 Å². The maximum absolute atomic E-state index is 13.5. The quantitative estimate of drug-likeness (QED) is 0.350. The second-order valence-electron chi connectivity index (χ2n) is 8.46. The van der Waals surface area contributed by atoms with Crippen molar-refractivity contribution >= 4 is 40.0 Å². The van der Waals surface area contributed by atoms with Crippen molar-refractivity contribution in [3.63, 3.8) is 0 Å². The van der Waals surface area contributed by atoms with Crippen LogP contribution < -0.4 is 16.6 Å². The molecule has 0 saturated heterocycles. The summed E-state index contributed by atoms with van der Waals surface area (Å²) >= 11 is 6.38. The van der Waals surface area contributed by atoms with Crippen LogP contribution in [-0.4, -0.2) is 40.4 Å². The third-order valence-electron chi connectivity index (χ3n) is 6.10. The SMILES string of the molecule is CCC(Nc1ncnc(N)c1-c1nc(C(=O)O)n(C)n1)c1cc2cccc(Cl)c2c(=O)n1C1CC1. The lowest BCUT2D eigenvalue weighted by molar-refractivity contribution is 0.0678. The van der Waals surface area contributed by atoms with E-state index in [4.69, 9.17) is 17.3 Å². The fraction of sp³-hybridized carbons (Fsp3) is 0.304. The summed E-state index contributed by atoms with van der Waals surface area (Å²) in [4.78, 5) is 37.5. The molecule has 1 aromatic carbocycles. The maximum atomic E-state index is 13.5. The predicted molar refractivity (Wildman–Crippen MR) is 132 cm³/mol. The van der Waals surface area contributed by atoms with Crippen LogP contribution >= 0.6 is 11.6 Å². The number of hydrogen-bond acceptors (Lipinski definition) is 8. The van der Waals surface area contributed by atoms with Crippen molar-refractivity contribution in [2.45, 2.75) is 38.3 Å². The number of nitrogen functional groups attached to an aromatic ring is 1. The van der Waals surface area contributed by atoms with Crippen molar-refractivity contribution in [3.05, 3.63) is 57.5 Å². The molecule has 3 heterocycles. The molecule has 1 aliphatic carbocycles. The molecule has 1 saturated carbocycles. The van der Waals surface area contributed by atoms with Crippen LogP contribution in [0, 0.1) is 0 Å². The maximum Gasteiger partial charge on any atom is 0.373 e. The molecule has 0 bridgehead atoms. The average molecular weight is 495 g/mol. The number of aromatic nitrogens is 6. The molecular weight excluding hydrogens is 472 g/mol. The van der Waals surface area contributed by atoms with Gasteiger partial charge in [0.15, 0.2) is 5.82 Å². The zero-order valence-corrected chi connectivity index (χ0v) is 19.8. The molecule has 35 heavy (non-hydrogen) atoms. The van der Waals surface area contributed by atoms with Crippen LogP contribution in [0.5, 0.6) is 0 Å². The molecule has 0 radical (unpaired) electrons. The van der Waals surface area contributed by atoms with Gasteiger partial charge in [0.05, 0.1) is 16.5 Å². The molecule has 0 spiro atoms. The molecular formula is C23H23ClN8O3. The zero-order chi connectivity index (χ0) is 24.9. The summed E-state index contributed by atoms with van der Waals surface area (Å²) in [5.74, 6) is -0.927. The van der Waals surface area contributed by atoms with E-state index in [1.54, 1.807) is 6.07 Å². The smallest absolute Gasteiger partial charge is 0.373 e. The number of fused-ring (bicyclic) bond motifs is 1. The molecule has 3 aromatic heterocycles. The lowest BCUT2D eigenvalue weighted by Crippen LogP contribution is -2.27. The van der Waals surface area contributed by atoms with E-state index in [0.29, 0.717) is 28.2 Å². The number of nitrogens with zero attached hydrogens (tertiary/aromatic N) is 6. The van der Waals surface area contributed by atoms with Gasteiger partial charge in [0.2, 0.25) is 5.82 Å². The first-order chi connectivity index (χ1) is 16.8. The number of rotatable bonds is 7. The van der Waals surface area contributed by atoms with E-state index in [1.807, 2.05) is 29.7 Å². The first kappa shape index (κ1) is 22.8. The van der Waals surface area contributed by atoms with Gasteiger partial charge in [-0.25, -0.2) is 24.4 Å². The minimum absolute atomic E-state index is 0.0882. The summed E-state index contributed by atoms with van der Waals surface area (Å²) in [6.45, 7) is 1.99. The Morgan fingerprint density at radius 3 is 2.77 bits per heavy atom. The van der Waals surface area contributed by atoms with Crippen molar-refractivity contribution in [2.24, 2.45) is 7.05 Å². The summed E-state index contributed by atoms with van der Waals surface area (Å²) in [6, 6.07) is 7.18. The Hall–Kier alpha value is -3.99. The highest BCUT2D eigenvalue weighted by atomic mass is 35.5. The molecule has 1 fully saturated rings. The van der Waals surface area contributed by atoms with Crippen molar-refractivity contribution in [1.29, 1.82) is 0 Å². The minimum Gasteiger partial charge on any atom is -0.475 e. The molecule has 5 rings (SSSR count). The van der Waals surface area contributed by atoms with Crippen LogP contribution in [0.1, 0.15) is 54.6 Å². The summed E-state index contributed by atoms with van der Waals surface area (Å²) in [5, 5.41) is 18.6. The van der Waals surface area contributed by atoms with Gasteiger partial charge in [0.25, 0.3) is 5.56 Å². The van der Waals surface area contributed by atoms with E-state index >= 15 is 0 Å². The zero-order valence-electron chi connectivity index (χ0n) is 19.1. The predicted octanol–water partition coefficient (Wildman–Crippen LogP) is 3.42. The van der Waals surface area contributed by atoms with Crippen LogP contribution in [0.25, 0.3) is 22.2 Å². The monoisotopic (exact) mass is 494 g/mol. The van der Waals surface area contributed by atoms with E-state index in [2.05, 4.69) is 25.4 Å². The number of carboxylic acid groups (broad SMARTS) is 1. The Kier molecular flexibility index (Phi) is 5.64. The van der Waals surface area contributed by atoms with Gasteiger partial charge in [0.1, 0.15) is 23.5 Å². The normalized spacial score (nSPS) is 14.3. The summed E-state index contributed by atoms with van der Waals surface area (Å²) in [6.07, 6.45) is 3.77. The lowest BCUT2D eigenvalue weighted by Gasteiger charge is -2.24. The van der Waals surface area contributed by atoms with Gasteiger partial charge in [-0.3, -0.25) is 4.79 Å². The Morgan fingerprint density at radius 1 is 1.34 bits per heavy atom. The van der Waals surface area contributed by atoms with Crippen molar-refractivity contribution in [1.82, 2.24) is 29.3 Å². The number of carboxylic acids is 1. The third-order valence-corrected chi connectivity index (χ3v) is 6.42. The van der Waals surface area contributed by atoms with Crippen LogP contribution in [-0.2, 0) is 7.05 Å². The van der Waals surface area contributed by atoms with E-state index in [1.165, 1.54) is 13.4 Å². The highest BCUT2D eigenvalue weighted by molar-refractivity contribution is 6.35. The standard InChI is InChI=1S/C23H23ClN8O3/c1-3-14(15-9-11-5-4-6-13(24)16(11)22(33)32(15)12-7-8-12)28-19-17(18(25)26-10-27-19)20-29-21(23(34)35)31(2)30-20/h4-6,9-10,12,14H,3,7-8H2,1-2H3,(H,34,35)(H3,25,26,27,28). The van der Waals surface area contributed by atoms with Gasteiger partial charge >= 0.3 is 5.97 Å². The van der Waals surface area contributed by atoms with Crippen molar-refractivity contribution in [3.8, 4) is 11.4 Å². The van der Waals surface area contributed by atoms with Gasteiger partial charge in [-0.2, -0.15) is 5.10 Å². The third kappa shape index (κ3) is 3.97. The van der Waals surface area contributed by atoms with Gasteiger partial charge in [0, 0.05) is 18.8 Å². The molecule has 1 aliphatic rings. The molecule has 0 amide bonds. The number of aromatic carboxylic acids is 1. The first-order valence-corrected chi connectivity index (χ1v) is 11.5. The van der Waals surface area contributed by atoms with Gasteiger partial charge in [-0.1, -0.05) is 30.7 Å². The van der Waals surface area contributed by atoms with Crippen LogP contribution in [0.4, 0.5) is 11.6 Å². The molecule has 1 unspecified atom stereocenters. The lowest BCUT2D eigenvalue weighted by atomic mass is 10.0. The van der Waals surface area contributed by atoms with Gasteiger partial charge in [-0.15, -0.1) is 0 Å². The number of halogens is 1. The molecule has 180 valence electrons. The van der Waals surface area contributed by atoms with E-state index in [9.17, 15) is 14.7 Å². The fourth-order valence-electron chi connectivity index (χ4n) is 4.29. The van der Waals surface area contributed by atoms with E-state index in [0.717, 1.165) is 28.6 Å². The highest BCUT2D eigenvalue weighted by Crippen LogP contribution is 2.39. The van der Waals surface area contributed by atoms with Gasteiger partial charge < -0.3 is 20.7 Å². The van der Waals surface area contributed by atoms with Crippen molar-refractivity contribution in [2.75, 3.05) is 11.1 Å². The first-order valence-electron chi connectivity index (χ1n) is 11.2. The highest BCUT2D eigenvalue weighted by Gasteiger charge is 2.31. The second-order valence-corrected chi connectivity index (χ2v) is 8.86. The number of anilines is 2. The number of nitrogens with two attached hydrogens (primary N) is 1. The number of aryl methyl sites for hydroxylation is 1. The number of carbonyl (C=O) groups is 1. The Morgan fingerprint density at radius 2 is 2.11 bits per heavy atom. The summed E-state index contributed by atoms with van der Waals surface area (Å²) in [5.41, 5.74) is 7.12. The largest absolute Gasteiger partial charge is 0.475 e. The second kappa shape index (κ2) is 8.66. The Labute approximate surface area is 204 Å². The molecule has 0 aliphatic heterocycles. The molecule has 4 N–H and O–H groups in total. The summed E-state index contributed by atoms with van der Waals surface area (Å²) < 4.78 is 2.98. The molecule has 12 heteroatoms. The molecule has 4 aromatic rings. The van der Waals surface area contributed by atoms with Gasteiger partial charge in [-0.05, 0) is 36.8 Å². The van der Waals surface area contributed by atoms with Crippen LogP contribution in [0.15, 0.2) is 35.4 Å². The number of benzene rings is 1. The van der Waals surface area contributed by atoms with Crippen LogP contribution in [0.2, 0.25) is 5.02 Å². The number of hydrogen-bond donors (Lipinski definition) is 3. The average Bonchev–Trinajstić information content (AvgIpc) is 3.57. The number of pyridine rings is 1. The number of nitrogens with one attached hydrogen (secondary N) is 1. The Balaban J connectivity index is 1.63. The minimum atomic E-state index is -1.22. The van der Waals surface area contributed by atoms with Crippen molar-refractivity contribution < 1.29 is 9.90 Å². The molecule has 1 atom stereocenters. The summed E-state index contributed by atoms with van der Waals surface area (Å²) in [7, 11) is 1.48. The topological polar surface area (TPSA) is 154 Å². The molecule has 11 nitrogen and oxygen atoms in total. The fourth-order valence-corrected chi connectivity index (χ4v) is 4.55. The Bertz CT molecular complexity index is 1530.